The molecule has 0 saturated heterocycles. The fourth-order valence-electron chi connectivity index (χ4n) is 1.72. The van der Waals surface area contributed by atoms with E-state index < -0.39 is 11.7 Å². The van der Waals surface area contributed by atoms with Crippen LogP contribution in [0.2, 0.25) is 0 Å². The van der Waals surface area contributed by atoms with Gasteiger partial charge in [0, 0.05) is 22.9 Å². The van der Waals surface area contributed by atoms with Gasteiger partial charge in [0.05, 0.1) is 5.56 Å². The summed E-state index contributed by atoms with van der Waals surface area (Å²) in [5.41, 5.74) is 0.564. The maximum atomic E-state index is 14.2. The van der Waals surface area contributed by atoms with Gasteiger partial charge in [0.1, 0.15) is 0 Å². The van der Waals surface area contributed by atoms with Gasteiger partial charge in [-0.05, 0) is 36.8 Å². The van der Waals surface area contributed by atoms with Crippen LogP contribution in [-0.4, -0.2) is 17.4 Å². The molecule has 0 aliphatic carbocycles. The zero-order valence-electron chi connectivity index (χ0n) is 11.5. The smallest absolute Gasteiger partial charge is 0.258 e. The van der Waals surface area contributed by atoms with Crippen LogP contribution >= 0.6 is 15.9 Å². The van der Waals surface area contributed by atoms with Crippen molar-refractivity contribution in [1.82, 2.24) is 4.98 Å². The van der Waals surface area contributed by atoms with E-state index in [9.17, 15) is 9.18 Å². The average Bonchev–Trinajstić information content (AvgIpc) is 2.48. The Kier molecular flexibility index (Phi) is 5.27. The van der Waals surface area contributed by atoms with Crippen molar-refractivity contribution >= 4 is 33.3 Å². The molecule has 0 unspecified atom stereocenters. The molecule has 4 nitrogen and oxygen atoms in total. The molecule has 0 radical (unpaired) electrons. The summed E-state index contributed by atoms with van der Waals surface area (Å²) < 4.78 is 15.1. The van der Waals surface area contributed by atoms with Gasteiger partial charge in [0.25, 0.3) is 5.91 Å². The minimum atomic E-state index is -0.638. The second-order valence-corrected chi connectivity index (χ2v) is 5.32. The lowest BCUT2D eigenvalue weighted by Crippen LogP contribution is -2.16. The summed E-state index contributed by atoms with van der Waals surface area (Å²) in [5, 5.41) is 5.51. The average molecular weight is 352 g/mol. The highest BCUT2D eigenvalue weighted by molar-refractivity contribution is 9.10. The first-order chi connectivity index (χ1) is 10.1. The van der Waals surface area contributed by atoms with Crippen molar-refractivity contribution in [1.29, 1.82) is 0 Å². The molecule has 0 atom stereocenters. The molecule has 0 fully saturated rings. The maximum Gasteiger partial charge on any atom is 0.258 e. The van der Waals surface area contributed by atoms with Crippen LogP contribution < -0.4 is 10.6 Å². The number of carbonyl (C=O) groups is 1. The van der Waals surface area contributed by atoms with E-state index in [0.29, 0.717) is 12.2 Å². The van der Waals surface area contributed by atoms with Gasteiger partial charge in [0.2, 0.25) is 0 Å². The van der Waals surface area contributed by atoms with Crippen molar-refractivity contribution in [3.8, 4) is 0 Å². The molecule has 0 aliphatic rings. The molecule has 1 heterocycles. The molecule has 1 aromatic heterocycles. The Morgan fingerprint density at radius 3 is 2.67 bits per heavy atom. The molecule has 1 aromatic carbocycles. The van der Waals surface area contributed by atoms with Crippen molar-refractivity contribution in [2.75, 3.05) is 17.2 Å². The van der Waals surface area contributed by atoms with Crippen molar-refractivity contribution in [2.24, 2.45) is 0 Å². The molecule has 2 rings (SSSR count). The van der Waals surface area contributed by atoms with Crippen LogP contribution in [0.3, 0.4) is 0 Å². The highest BCUT2D eigenvalue weighted by Gasteiger charge is 2.16. The van der Waals surface area contributed by atoms with Crippen LogP contribution in [0.15, 0.2) is 41.0 Å². The first-order valence-corrected chi connectivity index (χ1v) is 7.36. The van der Waals surface area contributed by atoms with Crippen molar-refractivity contribution in [3.05, 3.63) is 52.4 Å². The van der Waals surface area contributed by atoms with E-state index in [-0.39, 0.29) is 11.4 Å². The molecular weight excluding hydrogens is 337 g/mol. The molecule has 1 amide bonds. The van der Waals surface area contributed by atoms with E-state index in [1.807, 2.05) is 6.92 Å². The minimum absolute atomic E-state index is 0.0356. The predicted molar refractivity (Wildman–Crippen MR) is 85.1 cm³/mol. The molecule has 21 heavy (non-hydrogen) atoms. The highest BCUT2D eigenvalue weighted by Crippen LogP contribution is 2.18. The predicted octanol–water partition coefficient (Wildman–Crippen LogP) is 4.06. The van der Waals surface area contributed by atoms with E-state index >= 15 is 0 Å². The number of hydrogen-bond donors (Lipinski definition) is 2. The SMILES string of the molecule is CCCNc1nccc(C(=O)Nc2ccc(Br)cc2)c1F. The fraction of sp³-hybridized carbons (Fsp3) is 0.200. The van der Waals surface area contributed by atoms with Gasteiger partial charge in [-0.1, -0.05) is 22.9 Å². The quantitative estimate of drug-likeness (QED) is 0.853. The number of halogens is 2. The Labute approximate surface area is 130 Å². The second kappa shape index (κ2) is 7.17. The molecule has 0 spiro atoms. The van der Waals surface area contributed by atoms with E-state index in [4.69, 9.17) is 0 Å². The zero-order chi connectivity index (χ0) is 15.2. The number of carbonyl (C=O) groups excluding carboxylic acids is 1. The lowest BCUT2D eigenvalue weighted by atomic mass is 10.2. The van der Waals surface area contributed by atoms with Crippen LogP contribution in [0.5, 0.6) is 0 Å². The highest BCUT2D eigenvalue weighted by atomic mass is 79.9. The molecule has 0 saturated carbocycles. The van der Waals surface area contributed by atoms with Gasteiger partial charge in [0.15, 0.2) is 11.6 Å². The number of rotatable bonds is 5. The number of pyridine rings is 1. The normalized spacial score (nSPS) is 10.2. The third kappa shape index (κ3) is 4.01. The number of nitrogens with zero attached hydrogens (tertiary/aromatic N) is 1. The Morgan fingerprint density at radius 1 is 1.29 bits per heavy atom. The summed E-state index contributed by atoms with van der Waals surface area (Å²) in [6, 6.07) is 8.43. The summed E-state index contributed by atoms with van der Waals surface area (Å²) in [4.78, 5) is 16.0. The van der Waals surface area contributed by atoms with E-state index in [2.05, 4.69) is 31.5 Å². The maximum absolute atomic E-state index is 14.2. The Hall–Kier alpha value is -1.95. The van der Waals surface area contributed by atoms with Crippen molar-refractivity contribution in [2.45, 2.75) is 13.3 Å². The summed E-state index contributed by atoms with van der Waals surface area (Å²) in [6.07, 6.45) is 2.26. The molecule has 110 valence electrons. The van der Waals surface area contributed by atoms with E-state index in [1.165, 1.54) is 12.3 Å². The largest absolute Gasteiger partial charge is 0.368 e. The number of anilines is 2. The van der Waals surface area contributed by atoms with Gasteiger partial charge >= 0.3 is 0 Å². The topological polar surface area (TPSA) is 54.0 Å². The molecular formula is C15H15BrFN3O. The monoisotopic (exact) mass is 351 g/mol. The number of nitrogens with one attached hydrogen (secondary N) is 2. The molecule has 0 bridgehead atoms. The number of amides is 1. The fourth-order valence-corrected chi connectivity index (χ4v) is 1.98. The van der Waals surface area contributed by atoms with Crippen LogP contribution in [0.4, 0.5) is 15.9 Å². The van der Waals surface area contributed by atoms with Crippen LogP contribution in [-0.2, 0) is 0 Å². The van der Waals surface area contributed by atoms with Crippen LogP contribution in [0.25, 0.3) is 0 Å². The Balaban J connectivity index is 2.17. The van der Waals surface area contributed by atoms with E-state index in [1.54, 1.807) is 24.3 Å². The first kappa shape index (κ1) is 15.4. The van der Waals surface area contributed by atoms with Crippen LogP contribution in [0.1, 0.15) is 23.7 Å². The molecule has 2 aromatic rings. The summed E-state index contributed by atoms with van der Waals surface area (Å²) >= 11 is 3.31. The van der Waals surface area contributed by atoms with Gasteiger partial charge in [-0.15, -0.1) is 0 Å². The summed E-state index contributed by atoms with van der Waals surface area (Å²) in [6.45, 7) is 2.57. The van der Waals surface area contributed by atoms with Crippen molar-refractivity contribution < 1.29 is 9.18 Å². The molecule has 6 heteroatoms. The standard InChI is InChI=1S/C15H15BrFN3O/c1-2-8-18-14-13(17)12(7-9-19-14)15(21)20-11-5-3-10(16)4-6-11/h3-7,9H,2,8H2,1H3,(H,18,19)(H,20,21). The first-order valence-electron chi connectivity index (χ1n) is 6.57. The van der Waals surface area contributed by atoms with Gasteiger partial charge < -0.3 is 10.6 Å². The van der Waals surface area contributed by atoms with Gasteiger partial charge in [-0.25, -0.2) is 9.37 Å². The number of benzene rings is 1. The zero-order valence-corrected chi connectivity index (χ0v) is 13.1. The van der Waals surface area contributed by atoms with Crippen LogP contribution in [0, 0.1) is 5.82 Å². The summed E-state index contributed by atoms with van der Waals surface area (Å²) in [7, 11) is 0. The Morgan fingerprint density at radius 2 is 2.00 bits per heavy atom. The third-order valence-corrected chi connectivity index (χ3v) is 3.31. The Bertz CT molecular complexity index is 631. The van der Waals surface area contributed by atoms with Gasteiger partial charge in [-0.2, -0.15) is 0 Å². The lowest BCUT2D eigenvalue weighted by molar-refractivity contribution is 0.102. The minimum Gasteiger partial charge on any atom is -0.368 e. The van der Waals surface area contributed by atoms with Crippen molar-refractivity contribution in [3.63, 3.8) is 0 Å². The molecule has 0 aliphatic heterocycles. The lowest BCUT2D eigenvalue weighted by Gasteiger charge is -2.09. The second-order valence-electron chi connectivity index (χ2n) is 4.41. The third-order valence-electron chi connectivity index (χ3n) is 2.78. The van der Waals surface area contributed by atoms with E-state index in [0.717, 1.165) is 10.9 Å². The number of aromatic nitrogens is 1. The number of hydrogen-bond acceptors (Lipinski definition) is 3. The summed E-state index contributed by atoms with van der Waals surface area (Å²) in [5.74, 6) is -1.04. The molecule has 2 N–H and O–H groups in total. The van der Waals surface area contributed by atoms with Gasteiger partial charge in [-0.3, -0.25) is 4.79 Å².